The van der Waals surface area contributed by atoms with E-state index in [0.717, 1.165) is 0 Å². The molecule has 2 rings (SSSR count). The molecule has 1 fully saturated rings. The highest BCUT2D eigenvalue weighted by atomic mass is 16.6. The van der Waals surface area contributed by atoms with Crippen LogP contribution < -0.4 is 5.73 Å². The van der Waals surface area contributed by atoms with E-state index in [0.29, 0.717) is 31.2 Å². The highest BCUT2D eigenvalue weighted by Gasteiger charge is 2.36. The molecular formula is C16H28N4O3. The summed E-state index contributed by atoms with van der Waals surface area (Å²) in [6.07, 6.45) is 0.349. The Balaban J connectivity index is 2.12. The zero-order chi connectivity index (χ0) is 17.4. The molecule has 0 bridgehead atoms. The van der Waals surface area contributed by atoms with Crippen LogP contribution in [-0.2, 0) is 10.2 Å². The Labute approximate surface area is 137 Å². The molecule has 0 saturated carbocycles. The molecule has 1 aromatic heterocycles. The number of piperidine rings is 1. The molecule has 0 aliphatic carbocycles. The molecular weight excluding hydrogens is 296 g/mol. The largest absolute Gasteiger partial charge is 0.444 e. The predicted octanol–water partition coefficient (Wildman–Crippen LogP) is 2.42. The number of ether oxygens (including phenoxy) is 1. The van der Waals surface area contributed by atoms with E-state index in [1.54, 1.807) is 4.90 Å². The first-order valence-electron chi connectivity index (χ1n) is 8.05. The second-order valence-corrected chi connectivity index (χ2v) is 8.19. The SMILES string of the molecule is CC(C)(C)OC(=O)N1CC[C@@H](N)[C@@H](c2nc(C(C)(C)C)no2)C1. The van der Waals surface area contributed by atoms with Crippen LogP contribution in [0.2, 0.25) is 0 Å². The van der Waals surface area contributed by atoms with Crippen LogP contribution in [0.5, 0.6) is 0 Å². The second kappa shape index (κ2) is 6.11. The van der Waals surface area contributed by atoms with Gasteiger partial charge in [0.05, 0.1) is 5.92 Å². The summed E-state index contributed by atoms with van der Waals surface area (Å²) in [7, 11) is 0. The Morgan fingerprint density at radius 3 is 2.48 bits per heavy atom. The van der Waals surface area contributed by atoms with Crippen molar-refractivity contribution in [2.45, 2.75) is 70.9 Å². The predicted molar refractivity (Wildman–Crippen MR) is 86.1 cm³/mol. The average molecular weight is 324 g/mol. The van der Waals surface area contributed by atoms with E-state index in [2.05, 4.69) is 10.1 Å². The van der Waals surface area contributed by atoms with Gasteiger partial charge in [0.2, 0.25) is 5.89 Å². The van der Waals surface area contributed by atoms with Gasteiger partial charge in [0.25, 0.3) is 0 Å². The first-order chi connectivity index (χ1) is 10.5. The minimum absolute atomic E-state index is 0.109. The van der Waals surface area contributed by atoms with Gasteiger partial charge in [-0.2, -0.15) is 4.98 Å². The lowest BCUT2D eigenvalue weighted by molar-refractivity contribution is 0.0175. The summed E-state index contributed by atoms with van der Waals surface area (Å²) in [5.74, 6) is 0.977. The third kappa shape index (κ3) is 4.43. The van der Waals surface area contributed by atoms with Crippen molar-refractivity contribution in [3.8, 4) is 0 Å². The van der Waals surface area contributed by atoms with E-state index in [1.165, 1.54) is 0 Å². The molecule has 2 heterocycles. The van der Waals surface area contributed by atoms with Gasteiger partial charge >= 0.3 is 6.09 Å². The first kappa shape index (κ1) is 17.7. The van der Waals surface area contributed by atoms with Crippen molar-refractivity contribution in [2.75, 3.05) is 13.1 Å². The zero-order valence-electron chi connectivity index (χ0n) is 14.9. The van der Waals surface area contributed by atoms with Crippen LogP contribution in [0.15, 0.2) is 4.52 Å². The van der Waals surface area contributed by atoms with E-state index in [4.69, 9.17) is 15.0 Å². The van der Waals surface area contributed by atoms with Gasteiger partial charge in [0.1, 0.15) is 5.60 Å². The Morgan fingerprint density at radius 1 is 1.30 bits per heavy atom. The van der Waals surface area contributed by atoms with Gasteiger partial charge in [-0.3, -0.25) is 0 Å². The summed E-state index contributed by atoms with van der Waals surface area (Å²) in [4.78, 5) is 18.4. The standard InChI is InChI=1S/C16H28N4O3/c1-15(2,3)13-18-12(23-19-13)10-9-20(8-7-11(10)17)14(21)22-16(4,5)6/h10-11H,7-9,17H2,1-6H3/t10-,11+/m0/s1. The highest BCUT2D eigenvalue weighted by molar-refractivity contribution is 5.68. The van der Waals surface area contributed by atoms with Gasteiger partial charge in [0.15, 0.2) is 5.82 Å². The molecule has 0 spiro atoms. The molecule has 0 unspecified atom stereocenters. The summed E-state index contributed by atoms with van der Waals surface area (Å²) in [5.41, 5.74) is 5.51. The smallest absolute Gasteiger partial charge is 0.410 e. The normalized spacial score (nSPS) is 23.0. The number of carbonyl (C=O) groups excluding carboxylic acids is 1. The number of amides is 1. The van der Waals surface area contributed by atoms with Crippen LogP contribution >= 0.6 is 0 Å². The Bertz CT molecular complexity index is 556. The van der Waals surface area contributed by atoms with Gasteiger partial charge < -0.3 is 19.9 Å². The fourth-order valence-electron chi connectivity index (χ4n) is 2.41. The number of nitrogens with zero attached hydrogens (tertiary/aromatic N) is 3. The Kier molecular flexibility index (Phi) is 4.71. The van der Waals surface area contributed by atoms with Crippen molar-refractivity contribution in [3.05, 3.63) is 11.7 Å². The number of hydrogen-bond acceptors (Lipinski definition) is 6. The minimum atomic E-state index is -0.518. The number of likely N-dealkylation sites (tertiary alicyclic amines) is 1. The van der Waals surface area contributed by atoms with Gasteiger partial charge in [-0.1, -0.05) is 25.9 Å². The molecule has 1 aromatic rings. The van der Waals surface area contributed by atoms with E-state index < -0.39 is 5.60 Å². The molecule has 0 aromatic carbocycles. The molecule has 7 nitrogen and oxygen atoms in total. The molecule has 2 atom stereocenters. The van der Waals surface area contributed by atoms with Crippen LogP contribution in [0.1, 0.15) is 65.6 Å². The van der Waals surface area contributed by atoms with Crippen LogP contribution in [0.25, 0.3) is 0 Å². The third-order valence-corrected chi connectivity index (χ3v) is 3.75. The summed E-state index contributed by atoms with van der Waals surface area (Å²) in [6.45, 7) is 12.6. The van der Waals surface area contributed by atoms with Crippen LogP contribution in [0.4, 0.5) is 4.79 Å². The summed E-state index contributed by atoms with van der Waals surface area (Å²) < 4.78 is 10.8. The van der Waals surface area contributed by atoms with Crippen molar-refractivity contribution in [2.24, 2.45) is 5.73 Å². The maximum atomic E-state index is 12.3. The van der Waals surface area contributed by atoms with Gasteiger partial charge in [0, 0.05) is 24.5 Å². The minimum Gasteiger partial charge on any atom is -0.444 e. The summed E-state index contributed by atoms with van der Waals surface area (Å²) >= 11 is 0. The molecule has 7 heteroatoms. The van der Waals surface area contributed by atoms with Gasteiger partial charge in [-0.05, 0) is 27.2 Å². The number of carbonyl (C=O) groups is 1. The van der Waals surface area contributed by atoms with E-state index in [9.17, 15) is 4.79 Å². The molecule has 130 valence electrons. The summed E-state index contributed by atoms with van der Waals surface area (Å²) in [6, 6.07) is -0.109. The zero-order valence-corrected chi connectivity index (χ0v) is 14.9. The van der Waals surface area contributed by atoms with Crippen LogP contribution in [0, 0.1) is 0 Å². The maximum Gasteiger partial charge on any atom is 0.410 e. The average Bonchev–Trinajstić information content (AvgIpc) is 2.86. The molecule has 1 aliphatic heterocycles. The maximum absolute atomic E-state index is 12.3. The Morgan fingerprint density at radius 2 is 1.96 bits per heavy atom. The molecule has 2 N–H and O–H groups in total. The highest BCUT2D eigenvalue weighted by Crippen LogP contribution is 2.28. The van der Waals surface area contributed by atoms with E-state index in [-0.39, 0.29) is 23.5 Å². The van der Waals surface area contributed by atoms with Crippen molar-refractivity contribution >= 4 is 6.09 Å². The van der Waals surface area contributed by atoms with Crippen molar-refractivity contribution in [3.63, 3.8) is 0 Å². The molecule has 1 saturated heterocycles. The molecule has 1 aliphatic rings. The topological polar surface area (TPSA) is 94.5 Å². The first-order valence-corrected chi connectivity index (χ1v) is 8.05. The third-order valence-electron chi connectivity index (χ3n) is 3.75. The number of rotatable bonds is 1. The quantitative estimate of drug-likeness (QED) is 0.852. The second-order valence-electron chi connectivity index (χ2n) is 8.19. The van der Waals surface area contributed by atoms with Crippen LogP contribution in [0.3, 0.4) is 0 Å². The summed E-state index contributed by atoms with van der Waals surface area (Å²) in [5, 5.41) is 4.05. The van der Waals surface area contributed by atoms with Gasteiger partial charge in [-0.25, -0.2) is 4.79 Å². The fraction of sp³-hybridized carbons (Fsp3) is 0.812. The molecule has 0 radical (unpaired) electrons. The van der Waals surface area contributed by atoms with E-state index in [1.807, 2.05) is 41.5 Å². The number of aromatic nitrogens is 2. The van der Waals surface area contributed by atoms with Crippen molar-refractivity contribution in [1.29, 1.82) is 0 Å². The lowest BCUT2D eigenvalue weighted by Gasteiger charge is -2.35. The number of hydrogen-bond donors (Lipinski definition) is 1. The fourth-order valence-corrected chi connectivity index (χ4v) is 2.41. The van der Waals surface area contributed by atoms with Gasteiger partial charge in [-0.15, -0.1) is 0 Å². The lowest BCUT2D eigenvalue weighted by atomic mass is 9.92. The number of nitrogens with two attached hydrogens (primary N) is 1. The molecule has 1 amide bonds. The molecule has 23 heavy (non-hydrogen) atoms. The lowest BCUT2D eigenvalue weighted by Crippen LogP contribution is -2.49. The van der Waals surface area contributed by atoms with Crippen molar-refractivity contribution in [1.82, 2.24) is 15.0 Å². The monoisotopic (exact) mass is 324 g/mol. The van der Waals surface area contributed by atoms with E-state index >= 15 is 0 Å². The Hall–Kier alpha value is -1.63. The van der Waals surface area contributed by atoms with Crippen molar-refractivity contribution < 1.29 is 14.1 Å². The van der Waals surface area contributed by atoms with Crippen LogP contribution in [-0.4, -0.2) is 45.9 Å².